The molecule has 1 fully saturated rings. The van der Waals surface area contributed by atoms with E-state index in [0.717, 1.165) is 0 Å². The Hall–Kier alpha value is -2.86. The van der Waals surface area contributed by atoms with Crippen molar-refractivity contribution < 1.29 is 14.4 Å². The van der Waals surface area contributed by atoms with Crippen molar-refractivity contribution in [1.29, 1.82) is 0 Å². The number of hydrazine groups is 1. The van der Waals surface area contributed by atoms with E-state index in [-0.39, 0.29) is 18.9 Å². The molecule has 0 saturated carbocycles. The molecule has 1 aliphatic heterocycles. The number of nitrogens with zero attached hydrogens (tertiary/aromatic N) is 1. The van der Waals surface area contributed by atoms with Gasteiger partial charge >= 0.3 is 0 Å². The van der Waals surface area contributed by atoms with Crippen molar-refractivity contribution in [2.45, 2.75) is 6.42 Å². The number of carbonyl (C=O) groups is 3. The molecule has 1 aliphatic rings. The maximum Gasteiger partial charge on any atom is 0.269 e. The average molecular weight is 358 g/mol. The summed E-state index contributed by atoms with van der Waals surface area (Å²) in [5, 5.41) is 0.577. The number of halogens is 1. The van der Waals surface area contributed by atoms with Crippen LogP contribution in [0.4, 0.5) is 5.69 Å². The molecule has 0 radical (unpaired) electrons. The van der Waals surface area contributed by atoms with E-state index >= 15 is 0 Å². The fourth-order valence-corrected chi connectivity index (χ4v) is 2.76. The first-order valence-corrected chi connectivity index (χ1v) is 8.13. The number of nitrogens with one attached hydrogen (secondary N) is 2. The van der Waals surface area contributed by atoms with E-state index in [1.54, 1.807) is 59.5 Å². The second-order valence-corrected chi connectivity index (χ2v) is 6.13. The van der Waals surface area contributed by atoms with Gasteiger partial charge in [0, 0.05) is 29.2 Å². The van der Waals surface area contributed by atoms with Gasteiger partial charge < -0.3 is 4.90 Å². The Morgan fingerprint density at radius 3 is 2.36 bits per heavy atom. The molecule has 7 heteroatoms. The normalized spacial score (nSPS) is 16.6. The first kappa shape index (κ1) is 17.0. The minimum Gasteiger partial charge on any atom is -0.312 e. The van der Waals surface area contributed by atoms with Crippen LogP contribution in [0.5, 0.6) is 0 Å². The summed E-state index contributed by atoms with van der Waals surface area (Å²) >= 11 is 5.85. The molecule has 3 rings (SSSR count). The molecule has 0 unspecified atom stereocenters. The maximum absolute atomic E-state index is 12.2. The molecule has 0 bridgehead atoms. The van der Waals surface area contributed by atoms with Crippen LogP contribution in [-0.4, -0.2) is 24.3 Å². The van der Waals surface area contributed by atoms with Gasteiger partial charge in [-0.15, -0.1) is 0 Å². The number of carbonyl (C=O) groups excluding carboxylic acids is 3. The fraction of sp³-hybridized carbons (Fsp3) is 0.167. The Kier molecular flexibility index (Phi) is 5.00. The second-order valence-electron chi connectivity index (χ2n) is 5.69. The van der Waals surface area contributed by atoms with Gasteiger partial charge in [-0.05, 0) is 36.4 Å². The molecule has 1 saturated heterocycles. The molecule has 6 nitrogen and oxygen atoms in total. The highest BCUT2D eigenvalue weighted by Crippen LogP contribution is 2.26. The van der Waals surface area contributed by atoms with Gasteiger partial charge in [0.25, 0.3) is 5.91 Å². The van der Waals surface area contributed by atoms with Crippen LogP contribution < -0.4 is 15.8 Å². The number of amides is 3. The van der Waals surface area contributed by atoms with Crippen molar-refractivity contribution in [2.24, 2.45) is 5.92 Å². The van der Waals surface area contributed by atoms with Gasteiger partial charge in [-0.1, -0.05) is 29.8 Å². The van der Waals surface area contributed by atoms with E-state index in [1.807, 2.05) is 0 Å². The lowest BCUT2D eigenvalue weighted by molar-refractivity contribution is -0.126. The van der Waals surface area contributed by atoms with Crippen molar-refractivity contribution in [2.75, 3.05) is 11.4 Å². The van der Waals surface area contributed by atoms with Crippen LogP contribution in [0, 0.1) is 5.92 Å². The molecule has 1 atom stereocenters. The summed E-state index contributed by atoms with van der Waals surface area (Å²) in [6.45, 7) is 0.257. The van der Waals surface area contributed by atoms with Crippen LogP contribution in [0.25, 0.3) is 0 Å². The molecule has 0 aromatic heterocycles. The number of anilines is 1. The van der Waals surface area contributed by atoms with E-state index in [4.69, 9.17) is 11.6 Å². The first-order chi connectivity index (χ1) is 12.0. The Bertz CT molecular complexity index is 793. The zero-order chi connectivity index (χ0) is 17.8. The number of hydrogen-bond acceptors (Lipinski definition) is 3. The Morgan fingerprint density at radius 1 is 1.00 bits per heavy atom. The molecule has 0 aliphatic carbocycles. The Morgan fingerprint density at radius 2 is 1.68 bits per heavy atom. The minimum absolute atomic E-state index is 0.0929. The molecule has 25 heavy (non-hydrogen) atoms. The molecular formula is C18H16ClN3O3. The lowest BCUT2D eigenvalue weighted by atomic mass is 10.1. The second kappa shape index (κ2) is 7.36. The van der Waals surface area contributed by atoms with Gasteiger partial charge in [-0.25, -0.2) is 0 Å². The highest BCUT2D eigenvalue weighted by atomic mass is 35.5. The maximum atomic E-state index is 12.2. The number of rotatable bonds is 3. The molecule has 2 N–H and O–H groups in total. The summed E-state index contributed by atoms with van der Waals surface area (Å²) in [5.41, 5.74) is 5.88. The van der Waals surface area contributed by atoms with E-state index in [9.17, 15) is 14.4 Å². The topological polar surface area (TPSA) is 78.5 Å². The predicted molar refractivity (Wildman–Crippen MR) is 94.0 cm³/mol. The van der Waals surface area contributed by atoms with Crippen molar-refractivity contribution in [3.8, 4) is 0 Å². The Balaban J connectivity index is 1.57. The van der Waals surface area contributed by atoms with Gasteiger partial charge in [0.05, 0.1) is 5.92 Å². The van der Waals surface area contributed by atoms with E-state index < -0.39 is 17.7 Å². The zero-order valence-corrected chi connectivity index (χ0v) is 14.0. The van der Waals surface area contributed by atoms with Crippen molar-refractivity contribution in [3.63, 3.8) is 0 Å². The van der Waals surface area contributed by atoms with Crippen LogP contribution >= 0.6 is 11.6 Å². The monoisotopic (exact) mass is 357 g/mol. The van der Waals surface area contributed by atoms with E-state index in [2.05, 4.69) is 10.9 Å². The van der Waals surface area contributed by atoms with Gasteiger partial charge in [0.15, 0.2) is 0 Å². The van der Waals surface area contributed by atoms with E-state index in [0.29, 0.717) is 16.3 Å². The minimum atomic E-state index is -0.528. The molecule has 2 aromatic rings. The van der Waals surface area contributed by atoms with Crippen molar-refractivity contribution in [3.05, 3.63) is 65.2 Å². The SMILES string of the molecule is O=C(NNC(=O)[C@H]1CC(=O)N(c2ccc(Cl)cc2)C1)c1ccccc1. The van der Waals surface area contributed by atoms with Gasteiger partial charge in [0.1, 0.15) is 0 Å². The third kappa shape index (κ3) is 3.97. The summed E-state index contributed by atoms with van der Waals surface area (Å²) in [6.07, 6.45) is 0.0929. The summed E-state index contributed by atoms with van der Waals surface area (Å²) in [4.78, 5) is 37.9. The Labute approximate surface area is 149 Å². The van der Waals surface area contributed by atoms with Crippen molar-refractivity contribution >= 4 is 35.0 Å². The molecule has 3 amide bonds. The summed E-state index contributed by atoms with van der Waals surface area (Å²) in [7, 11) is 0. The predicted octanol–water partition coefficient (Wildman–Crippen LogP) is 2.15. The van der Waals surface area contributed by atoms with E-state index in [1.165, 1.54) is 0 Å². The first-order valence-electron chi connectivity index (χ1n) is 7.76. The highest BCUT2D eigenvalue weighted by Gasteiger charge is 2.35. The molecule has 128 valence electrons. The van der Waals surface area contributed by atoms with Gasteiger partial charge in [-0.3, -0.25) is 25.2 Å². The number of hydrogen-bond donors (Lipinski definition) is 2. The van der Waals surface area contributed by atoms with Crippen LogP contribution in [-0.2, 0) is 9.59 Å². The van der Waals surface area contributed by atoms with Crippen LogP contribution in [0.15, 0.2) is 54.6 Å². The summed E-state index contributed by atoms with van der Waals surface area (Å²) in [5.74, 6) is -1.47. The smallest absolute Gasteiger partial charge is 0.269 e. The number of benzene rings is 2. The van der Waals surface area contributed by atoms with Crippen LogP contribution in [0.1, 0.15) is 16.8 Å². The summed E-state index contributed by atoms with van der Waals surface area (Å²) in [6, 6.07) is 15.4. The zero-order valence-electron chi connectivity index (χ0n) is 13.2. The van der Waals surface area contributed by atoms with Gasteiger partial charge in [-0.2, -0.15) is 0 Å². The lowest BCUT2D eigenvalue weighted by Crippen LogP contribution is -2.45. The third-order valence-corrected chi connectivity index (χ3v) is 4.22. The standard InChI is InChI=1S/C18H16ClN3O3/c19-14-6-8-15(9-7-14)22-11-13(10-16(22)23)18(25)21-20-17(24)12-4-2-1-3-5-12/h1-9,13H,10-11H2,(H,20,24)(H,21,25)/t13-/m0/s1. The molecule has 2 aromatic carbocycles. The quantitative estimate of drug-likeness (QED) is 0.826. The molecular weight excluding hydrogens is 342 g/mol. The fourth-order valence-electron chi connectivity index (χ4n) is 2.64. The van der Waals surface area contributed by atoms with Crippen molar-refractivity contribution in [1.82, 2.24) is 10.9 Å². The average Bonchev–Trinajstić information content (AvgIpc) is 3.02. The third-order valence-electron chi connectivity index (χ3n) is 3.97. The summed E-state index contributed by atoms with van der Waals surface area (Å²) < 4.78 is 0. The van der Waals surface area contributed by atoms with Crippen LogP contribution in [0.2, 0.25) is 5.02 Å². The highest BCUT2D eigenvalue weighted by molar-refractivity contribution is 6.30. The van der Waals surface area contributed by atoms with Gasteiger partial charge in [0.2, 0.25) is 11.8 Å². The molecule has 0 spiro atoms. The lowest BCUT2D eigenvalue weighted by Gasteiger charge is -2.17. The largest absolute Gasteiger partial charge is 0.312 e. The van der Waals surface area contributed by atoms with Crippen LogP contribution in [0.3, 0.4) is 0 Å². The molecule has 1 heterocycles.